The van der Waals surface area contributed by atoms with Crippen LogP contribution in [0, 0.1) is 23.7 Å². The van der Waals surface area contributed by atoms with Crippen LogP contribution in [0.25, 0.3) is 0 Å². The smallest absolute Gasteiger partial charge is 0.303 e. The minimum Gasteiger partial charge on any atom is -0.481 e. The molecule has 0 spiro atoms. The lowest BCUT2D eigenvalue weighted by molar-refractivity contribution is -0.140. The van der Waals surface area contributed by atoms with Gasteiger partial charge in [-0.3, -0.25) is 33.6 Å². The van der Waals surface area contributed by atoms with E-state index in [4.69, 9.17) is 14.6 Å². The highest BCUT2D eigenvalue weighted by atomic mass is 16.5. The van der Waals surface area contributed by atoms with E-state index in [1.165, 1.54) is 0 Å². The molecule has 4 atom stereocenters. The standard InChI is InChI=1S/C33H57N3O11/c1-9-23(19-47-33(7,8)18-27(38)21(4)5)22(6)30(43)35-25(11-13-29(41)42)32(45)36-24(10-12-28(39)40)31(44)34-15-17-46-16-14-26(37)20(2)3/h20-25H,9-19H2,1-8H3,(H,34,44)(H,35,43)(H,36,45)(H,39,40)(H,41,42)/t22?,23?,24-,25-/m0/s1. The Kier molecular flexibility index (Phi) is 20.6. The first-order valence-corrected chi connectivity index (χ1v) is 16.4. The molecule has 0 saturated carbocycles. The average Bonchev–Trinajstić information content (AvgIpc) is 2.97. The Morgan fingerprint density at radius 1 is 0.702 bits per heavy atom. The summed E-state index contributed by atoms with van der Waals surface area (Å²) in [5.41, 5.74) is -0.751. The molecule has 0 aromatic heterocycles. The van der Waals surface area contributed by atoms with Gasteiger partial charge in [0.2, 0.25) is 17.7 Å². The van der Waals surface area contributed by atoms with Gasteiger partial charge in [-0.15, -0.1) is 0 Å². The molecule has 2 unspecified atom stereocenters. The number of carbonyl (C=O) groups excluding carboxylic acids is 5. The Labute approximate surface area is 278 Å². The van der Waals surface area contributed by atoms with E-state index >= 15 is 0 Å². The Morgan fingerprint density at radius 2 is 1.21 bits per heavy atom. The highest BCUT2D eigenvalue weighted by Crippen LogP contribution is 2.23. The van der Waals surface area contributed by atoms with Gasteiger partial charge < -0.3 is 35.6 Å². The summed E-state index contributed by atoms with van der Waals surface area (Å²) in [6.45, 7) is 14.8. The SMILES string of the molecule is CCC(COC(C)(C)CC(=O)C(C)C)C(C)C(=O)N[C@@H](CCC(=O)O)C(=O)N[C@@H](CCC(=O)O)C(=O)NCCOCCC(=O)C(C)C. The van der Waals surface area contributed by atoms with Crippen LogP contribution in [0.5, 0.6) is 0 Å². The molecule has 0 radical (unpaired) electrons. The minimum absolute atomic E-state index is 0.0355. The van der Waals surface area contributed by atoms with Crippen LogP contribution >= 0.6 is 0 Å². The van der Waals surface area contributed by atoms with Crippen molar-refractivity contribution < 1.29 is 53.2 Å². The maximum absolute atomic E-state index is 13.3. The summed E-state index contributed by atoms with van der Waals surface area (Å²) < 4.78 is 11.4. The van der Waals surface area contributed by atoms with Crippen LogP contribution in [0.15, 0.2) is 0 Å². The lowest BCUT2D eigenvalue weighted by Crippen LogP contribution is -2.55. The predicted octanol–water partition coefficient (Wildman–Crippen LogP) is 2.51. The van der Waals surface area contributed by atoms with Gasteiger partial charge in [-0.05, 0) is 32.6 Å². The molecule has 14 nitrogen and oxygen atoms in total. The zero-order chi connectivity index (χ0) is 36.3. The van der Waals surface area contributed by atoms with Crippen LogP contribution in [0.2, 0.25) is 0 Å². The molecule has 0 bridgehead atoms. The van der Waals surface area contributed by atoms with Gasteiger partial charge in [0.05, 0.1) is 25.4 Å². The number of hydrogen-bond acceptors (Lipinski definition) is 9. The van der Waals surface area contributed by atoms with Crippen molar-refractivity contribution in [3.05, 3.63) is 0 Å². The second kappa shape index (κ2) is 22.2. The fourth-order valence-electron chi connectivity index (χ4n) is 4.42. The van der Waals surface area contributed by atoms with Gasteiger partial charge in [0.1, 0.15) is 23.7 Å². The molecule has 0 saturated heterocycles. The Hall–Kier alpha value is -3.39. The van der Waals surface area contributed by atoms with Crippen molar-refractivity contribution >= 4 is 41.2 Å². The lowest BCUT2D eigenvalue weighted by atomic mass is 9.90. The molecule has 0 heterocycles. The van der Waals surface area contributed by atoms with Gasteiger partial charge in [-0.1, -0.05) is 48.0 Å². The van der Waals surface area contributed by atoms with Crippen molar-refractivity contribution in [3.63, 3.8) is 0 Å². The van der Waals surface area contributed by atoms with Crippen molar-refractivity contribution in [1.82, 2.24) is 16.0 Å². The van der Waals surface area contributed by atoms with Crippen LogP contribution in [0.1, 0.15) is 100 Å². The van der Waals surface area contributed by atoms with Gasteiger partial charge in [0.15, 0.2) is 0 Å². The van der Waals surface area contributed by atoms with Crippen molar-refractivity contribution in [2.75, 3.05) is 26.4 Å². The van der Waals surface area contributed by atoms with Gasteiger partial charge >= 0.3 is 11.9 Å². The number of ketones is 2. The van der Waals surface area contributed by atoms with Crippen LogP contribution in [-0.2, 0) is 43.0 Å². The largest absolute Gasteiger partial charge is 0.481 e. The van der Waals surface area contributed by atoms with Gasteiger partial charge in [-0.2, -0.15) is 0 Å². The fourth-order valence-corrected chi connectivity index (χ4v) is 4.42. The van der Waals surface area contributed by atoms with Crippen molar-refractivity contribution in [1.29, 1.82) is 0 Å². The van der Waals surface area contributed by atoms with Crippen LogP contribution in [-0.4, -0.2) is 95.5 Å². The molecule has 47 heavy (non-hydrogen) atoms. The van der Waals surface area contributed by atoms with Gasteiger partial charge in [0.25, 0.3) is 0 Å². The maximum atomic E-state index is 13.3. The predicted molar refractivity (Wildman–Crippen MR) is 173 cm³/mol. The van der Waals surface area contributed by atoms with E-state index in [0.717, 1.165) is 0 Å². The minimum atomic E-state index is -1.32. The van der Waals surface area contributed by atoms with E-state index < -0.39 is 66.1 Å². The van der Waals surface area contributed by atoms with Crippen molar-refractivity contribution in [2.24, 2.45) is 23.7 Å². The monoisotopic (exact) mass is 671 g/mol. The number of carboxylic acids is 2. The lowest BCUT2D eigenvalue weighted by Gasteiger charge is -2.30. The quantitative estimate of drug-likeness (QED) is 0.0843. The molecule has 5 N–H and O–H groups in total. The van der Waals surface area contributed by atoms with E-state index in [2.05, 4.69) is 16.0 Å². The second-order valence-corrected chi connectivity index (χ2v) is 13.1. The second-order valence-electron chi connectivity index (χ2n) is 13.1. The summed E-state index contributed by atoms with van der Waals surface area (Å²) in [6, 6.07) is -2.60. The molecule has 3 amide bonds. The number of aliphatic carboxylic acids is 2. The zero-order valence-corrected chi connectivity index (χ0v) is 29.3. The Balaban J connectivity index is 5.49. The first kappa shape index (κ1) is 43.6. The van der Waals surface area contributed by atoms with E-state index in [-0.39, 0.29) is 81.4 Å². The van der Waals surface area contributed by atoms with Gasteiger partial charge in [0, 0.05) is 50.0 Å². The van der Waals surface area contributed by atoms with E-state index in [0.29, 0.717) is 6.42 Å². The van der Waals surface area contributed by atoms with Crippen LogP contribution < -0.4 is 16.0 Å². The molecule has 0 rings (SSSR count). The maximum Gasteiger partial charge on any atom is 0.303 e. The number of amides is 3. The summed E-state index contributed by atoms with van der Waals surface area (Å²) in [7, 11) is 0. The molecule has 270 valence electrons. The molecule has 0 fully saturated rings. The number of ether oxygens (including phenoxy) is 2. The summed E-state index contributed by atoms with van der Waals surface area (Å²) in [5.74, 6) is -5.52. The average molecular weight is 672 g/mol. The van der Waals surface area contributed by atoms with Crippen LogP contribution in [0.3, 0.4) is 0 Å². The van der Waals surface area contributed by atoms with Crippen molar-refractivity contribution in [3.8, 4) is 0 Å². The normalized spacial score (nSPS) is 14.2. The molecule has 0 aliphatic carbocycles. The number of Topliss-reactive ketones (excluding diaryl/α,β-unsaturated/α-hetero) is 2. The Morgan fingerprint density at radius 3 is 1.70 bits per heavy atom. The number of rotatable bonds is 26. The third kappa shape index (κ3) is 19.1. The van der Waals surface area contributed by atoms with E-state index in [1.54, 1.807) is 34.6 Å². The summed E-state index contributed by atoms with van der Waals surface area (Å²) >= 11 is 0. The molecular formula is C33H57N3O11. The number of hydrogen-bond donors (Lipinski definition) is 5. The highest BCUT2D eigenvalue weighted by Gasteiger charge is 2.32. The van der Waals surface area contributed by atoms with Crippen molar-refractivity contribution in [2.45, 2.75) is 118 Å². The summed E-state index contributed by atoms with van der Waals surface area (Å²) in [5, 5.41) is 26.0. The molecule has 0 aromatic carbocycles. The molecule has 0 aliphatic heterocycles. The van der Waals surface area contributed by atoms with E-state index in [9.17, 15) is 38.7 Å². The number of carbonyl (C=O) groups is 7. The first-order chi connectivity index (χ1) is 21.8. The molecule has 0 aliphatic rings. The molecular weight excluding hydrogens is 614 g/mol. The first-order valence-electron chi connectivity index (χ1n) is 16.4. The molecule has 14 heteroatoms. The third-order valence-corrected chi connectivity index (χ3v) is 7.82. The number of nitrogens with one attached hydrogen (secondary N) is 3. The molecule has 0 aromatic rings. The third-order valence-electron chi connectivity index (χ3n) is 7.82. The highest BCUT2D eigenvalue weighted by molar-refractivity contribution is 5.93. The fraction of sp³-hybridized carbons (Fsp3) is 0.788. The number of carboxylic acid groups (broad SMARTS) is 2. The summed E-state index contributed by atoms with van der Waals surface area (Å²) in [4.78, 5) is 86.0. The zero-order valence-electron chi connectivity index (χ0n) is 29.3. The van der Waals surface area contributed by atoms with Crippen LogP contribution in [0.4, 0.5) is 0 Å². The Bertz CT molecular complexity index is 1060. The topological polar surface area (TPSA) is 214 Å². The van der Waals surface area contributed by atoms with Gasteiger partial charge in [-0.25, -0.2) is 0 Å². The van der Waals surface area contributed by atoms with E-state index in [1.807, 2.05) is 20.8 Å². The summed E-state index contributed by atoms with van der Waals surface area (Å²) in [6.07, 6.45) is -0.425.